The smallest absolute Gasteiger partial charge is 0.188 e. The predicted octanol–water partition coefficient (Wildman–Crippen LogP) is 3.92. The molecule has 3 heterocycles. The van der Waals surface area contributed by atoms with Crippen molar-refractivity contribution in [1.29, 1.82) is 0 Å². The molecule has 126 valence electrons. The molecule has 0 atom stereocenters. The van der Waals surface area contributed by atoms with Gasteiger partial charge in [-0.3, -0.25) is 0 Å². The van der Waals surface area contributed by atoms with E-state index in [1.165, 1.54) is 15.1 Å². The molecule has 0 saturated heterocycles. The fraction of sp³-hybridized carbons (Fsp3) is 0.625. The van der Waals surface area contributed by atoms with Crippen LogP contribution in [0.1, 0.15) is 24.3 Å². The van der Waals surface area contributed by atoms with E-state index in [9.17, 15) is 0 Å². The topological polar surface area (TPSA) is 38.2 Å². The zero-order chi connectivity index (χ0) is 16.6. The van der Waals surface area contributed by atoms with Crippen LogP contribution in [0.2, 0.25) is 0 Å². The minimum atomic E-state index is -0.0815. The zero-order valence-corrected chi connectivity index (χ0v) is 16.8. The molecule has 0 aliphatic carbocycles. The summed E-state index contributed by atoms with van der Waals surface area (Å²) in [6, 6.07) is 0. The van der Waals surface area contributed by atoms with E-state index in [1.807, 2.05) is 29.4 Å². The van der Waals surface area contributed by atoms with E-state index in [4.69, 9.17) is 14.7 Å². The quantitative estimate of drug-likeness (QED) is 0.452. The van der Waals surface area contributed by atoms with Crippen molar-refractivity contribution in [2.75, 3.05) is 32.6 Å². The van der Waals surface area contributed by atoms with Crippen molar-refractivity contribution in [1.82, 2.24) is 14.9 Å². The van der Waals surface area contributed by atoms with Gasteiger partial charge in [-0.15, -0.1) is 23.1 Å². The Morgan fingerprint density at radius 1 is 1.30 bits per heavy atom. The normalized spacial score (nSPS) is 17.0. The lowest BCUT2D eigenvalue weighted by molar-refractivity contribution is -0.0383. The first-order valence-corrected chi connectivity index (χ1v) is 10.7. The third kappa shape index (κ3) is 3.85. The van der Waals surface area contributed by atoms with E-state index in [2.05, 4.69) is 32.8 Å². The number of hydrogen-bond donors (Lipinski definition) is 0. The van der Waals surface area contributed by atoms with Crippen LogP contribution in [-0.4, -0.2) is 53.1 Å². The van der Waals surface area contributed by atoms with Gasteiger partial charge in [0.05, 0.1) is 22.4 Å². The van der Waals surface area contributed by atoms with Crippen molar-refractivity contribution in [2.45, 2.75) is 42.7 Å². The molecule has 2 aromatic rings. The number of aromatic nitrogens is 2. The highest BCUT2D eigenvalue weighted by atomic mass is 32.2. The van der Waals surface area contributed by atoms with Gasteiger partial charge >= 0.3 is 0 Å². The Labute approximate surface area is 150 Å². The number of rotatable bonds is 5. The summed E-state index contributed by atoms with van der Waals surface area (Å²) in [6.07, 6.45) is 2.99. The van der Waals surface area contributed by atoms with E-state index in [0.29, 0.717) is 6.61 Å². The van der Waals surface area contributed by atoms with E-state index in [0.717, 1.165) is 34.4 Å². The van der Waals surface area contributed by atoms with Crippen LogP contribution in [0.4, 0.5) is 0 Å². The van der Waals surface area contributed by atoms with Crippen molar-refractivity contribution < 1.29 is 4.74 Å². The summed E-state index contributed by atoms with van der Waals surface area (Å²) in [7, 11) is 4.21. The predicted molar refractivity (Wildman–Crippen MR) is 101 cm³/mol. The van der Waals surface area contributed by atoms with Crippen molar-refractivity contribution in [3.8, 4) is 0 Å². The Balaban J connectivity index is 2.00. The van der Waals surface area contributed by atoms with Crippen LogP contribution in [0.25, 0.3) is 10.2 Å². The van der Waals surface area contributed by atoms with Crippen LogP contribution in [0.5, 0.6) is 0 Å². The molecule has 0 aromatic carbocycles. The lowest BCUT2D eigenvalue weighted by Gasteiger charge is -2.29. The van der Waals surface area contributed by atoms with Crippen molar-refractivity contribution >= 4 is 45.1 Å². The van der Waals surface area contributed by atoms with Gasteiger partial charge in [0.15, 0.2) is 5.16 Å². The summed E-state index contributed by atoms with van der Waals surface area (Å²) in [5.41, 5.74) is 2.30. The van der Waals surface area contributed by atoms with E-state index < -0.39 is 0 Å². The van der Waals surface area contributed by atoms with Crippen LogP contribution in [0.15, 0.2) is 10.2 Å². The fourth-order valence-corrected chi connectivity index (χ4v) is 5.63. The number of nitrogens with zero attached hydrogens (tertiary/aromatic N) is 3. The Hall–Kier alpha value is -0.340. The zero-order valence-electron chi connectivity index (χ0n) is 14.3. The summed E-state index contributed by atoms with van der Waals surface area (Å²) in [5.74, 6) is 1.04. The average molecular weight is 370 g/mol. The highest BCUT2D eigenvalue weighted by Crippen LogP contribution is 2.41. The van der Waals surface area contributed by atoms with Gasteiger partial charge in [-0.25, -0.2) is 9.97 Å². The highest BCUT2D eigenvalue weighted by molar-refractivity contribution is 7.99. The molecule has 7 heteroatoms. The molecule has 3 rings (SSSR count). The molecule has 0 radical (unpaired) electrons. The molecule has 0 spiro atoms. The van der Waals surface area contributed by atoms with Crippen molar-refractivity contribution in [3.05, 3.63) is 10.4 Å². The molecule has 1 aliphatic heterocycles. The molecule has 0 bridgehead atoms. The van der Waals surface area contributed by atoms with Gasteiger partial charge in [-0.1, -0.05) is 11.8 Å². The van der Waals surface area contributed by atoms with Gasteiger partial charge < -0.3 is 9.64 Å². The van der Waals surface area contributed by atoms with Crippen molar-refractivity contribution in [3.63, 3.8) is 0 Å². The third-order valence-electron chi connectivity index (χ3n) is 3.82. The monoisotopic (exact) mass is 369 g/mol. The first kappa shape index (κ1) is 17.5. The Bertz CT molecular complexity index is 712. The summed E-state index contributed by atoms with van der Waals surface area (Å²) >= 11 is 5.30. The lowest BCUT2D eigenvalue weighted by atomic mass is 9.98. The van der Waals surface area contributed by atoms with Gasteiger partial charge in [-0.2, -0.15) is 0 Å². The molecule has 4 nitrogen and oxygen atoms in total. The Morgan fingerprint density at radius 2 is 2.09 bits per heavy atom. The maximum Gasteiger partial charge on any atom is 0.188 e. The molecule has 0 amide bonds. The van der Waals surface area contributed by atoms with Gasteiger partial charge in [0.1, 0.15) is 5.03 Å². The molecular formula is C16H23N3OS3. The van der Waals surface area contributed by atoms with Gasteiger partial charge in [0.25, 0.3) is 0 Å². The minimum absolute atomic E-state index is 0.0815. The molecule has 0 saturated carbocycles. The van der Waals surface area contributed by atoms with Crippen LogP contribution >= 0.6 is 34.9 Å². The number of thioether (sulfide) groups is 2. The SMILES string of the molecule is CSc1nc(SCCN(C)C)c2sc3c(c2n1)COC(C)(C)C3. The standard InChI is InChI=1S/C16H23N3OS3/c1-16(2)8-11-10(9-20-16)12-13(23-11)14(18-15(17-12)21-5)22-7-6-19(3)4/h6-9H2,1-5H3. The van der Waals surface area contributed by atoms with E-state index in [1.54, 1.807) is 11.8 Å². The maximum absolute atomic E-state index is 6.01. The molecule has 1 aliphatic rings. The van der Waals surface area contributed by atoms with Crippen LogP contribution in [0.3, 0.4) is 0 Å². The van der Waals surface area contributed by atoms with Crippen LogP contribution in [0, 0.1) is 0 Å². The lowest BCUT2D eigenvalue weighted by Crippen LogP contribution is -2.30. The van der Waals surface area contributed by atoms with Crippen LogP contribution < -0.4 is 0 Å². The first-order valence-electron chi connectivity index (χ1n) is 7.67. The van der Waals surface area contributed by atoms with Crippen LogP contribution in [-0.2, 0) is 17.8 Å². The fourth-order valence-electron chi connectivity index (χ4n) is 2.53. The Morgan fingerprint density at radius 3 is 2.78 bits per heavy atom. The number of thiophene rings is 1. The summed E-state index contributed by atoms with van der Waals surface area (Å²) in [4.78, 5) is 13.2. The summed E-state index contributed by atoms with van der Waals surface area (Å²) < 4.78 is 7.24. The van der Waals surface area contributed by atoms with Gasteiger partial charge in [-0.05, 0) is 34.2 Å². The second kappa shape index (κ2) is 6.88. The first-order chi connectivity index (χ1) is 10.9. The molecule has 23 heavy (non-hydrogen) atoms. The molecule has 0 N–H and O–H groups in total. The number of ether oxygens (including phenoxy) is 1. The van der Waals surface area contributed by atoms with Crippen molar-refractivity contribution in [2.24, 2.45) is 0 Å². The average Bonchev–Trinajstić information content (AvgIpc) is 2.82. The molecular weight excluding hydrogens is 346 g/mol. The molecule has 0 fully saturated rings. The summed E-state index contributed by atoms with van der Waals surface area (Å²) in [6.45, 7) is 6.03. The second-order valence-electron chi connectivity index (χ2n) is 6.57. The molecule has 0 unspecified atom stereocenters. The van der Waals surface area contributed by atoms with E-state index in [-0.39, 0.29) is 5.60 Å². The minimum Gasteiger partial charge on any atom is -0.370 e. The summed E-state index contributed by atoms with van der Waals surface area (Å²) in [5, 5.41) is 1.98. The van der Waals surface area contributed by atoms with Gasteiger partial charge in [0.2, 0.25) is 0 Å². The molecule has 2 aromatic heterocycles. The number of hydrogen-bond acceptors (Lipinski definition) is 7. The second-order valence-corrected chi connectivity index (χ2v) is 9.54. The van der Waals surface area contributed by atoms with E-state index >= 15 is 0 Å². The number of fused-ring (bicyclic) bond motifs is 3. The maximum atomic E-state index is 6.01. The van der Waals surface area contributed by atoms with Gasteiger partial charge in [0, 0.05) is 29.2 Å². The Kier molecular flexibility index (Phi) is 5.23. The largest absolute Gasteiger partial charge is 0.370 e. The highest BCUT2D eigenvalue weighted by Gasteiger charge is 2.30. The third-order valence-corrected chi connectivity index (χ3v) is 6.68.